The van der Waals surface area contributed by atoms with E-state index < -0.39 is 0 Å². The zero-order chi connectivity index (χ0) is 20.5. The van der Waals surface area contributed by atoms with Crippen molar-refractivity contribution in [3.63, 3.8) is 0 Å². The maximum absolute atomic E-state index is 12.6. The number of rotatable bonds is 5. The Hall–Kier alpha value is -3.39. The van der Waals surface area contributed by atoms with Gasteiger partial charge in [0.05, 0.1) is 18.7 Å². The first-order valence-electron chi connectivity index (χ1n) is 9.77. The Morgan fingerprint density at radius 1 is 1.20 bits per heavy atom. The third-order valence-electron chi connectivity index (χ3n) is 5.19. The van der Waals surface area contributed by atoms with Crippen LogP contribution < -0.4 is 15.0 Å². The molecule has 1 aliphatic rings. The number of aromatic nitrogens is 2. The van der Waals surface area contributed by atoms with Crippen molar-refractivity contribution in [3.8, 4) is 16.5 Å². The SMILES string of the molecule is COc1cccc(NC(=O)c2cnc(-c3noc4cc(N5CCCC5)ccc34)s2)c1. The summed E-state index contributed by atoms with van der Waals surface area (Å²) < 4.78 is 10.8. The first-order valence-corrected chi connectivity index (χ1v) is 10.6. The number of benzene rings is 2. The standard InChI is InChI=1S/C22H20N4O3S/c1-28-16-6-4-5-14(11-16)24-21(27)19-13-23-22(30-19)20-17-8-7-15(12-18(17)29-25-20)26-9-2-3-10-26/h4-8,11-13H,2-3,9-10H2,1H3,(H,24,27). The molecule has 0 spiro atoms. The molecule has 1 amide bonds. The number of hydrogen-bond acceptors (Lipinski definition) is 7. The number of thiazole rings is 1. The van der Waals surface area contributed by atoms with Crippen molar-refractivity contribution in [2.45, 2.75) is 12.8 Å². The number of anilines is 2. The van der Waals surface area contributed by atoms with Gasteiger partial charge in [-0.25, -0.2) is 4.98 Å². The quantitative estimate of drug-likeness (QED) is 0.499. The van der Waals surface area contributed by atoms with Crippen molar-refractivity contribution in [3.05, 3.63) is 53.5 Å². The lowest BCUT2D eigenvalue weighted by molar-refractivity contribution is 0.103. The molecule has 0 radical (unpaired) electrons. The van der Waals surface area contributed by atoms with Crippen LogP contribution in [0.4, 0.5) is 11.4 Å². The van der Waals surface area contributed by atoms with Gasteiger partial charge in [0.25, 0.3) is 5.91 Å². The molecule has 0 saturated carbocycles. The fourth-order valence-corrected chi connectivity index (χ4v) is 4.44. The number of carbonyl (C=O) groups excluding carboxylic acids is 1. The van der Waals surface area contributed by atoms with Gasteiger partial charge in [-0.1, -0.05) is 11.2 Å². The summed E-state index contributed by atoms with van der Waals surface area (Å²) >= 11 is 1.28. The number of hydrogen-bond donors (Lipinski definition) is 1. The van der Waals surface area contributed by atoms with E-state index in [1.165, 1.54) is 24.2 Å². The minimum atomic E-state index is -0.226. The predicted molar refractivity (Wildman–Crippen MR) is 118 cm³/mol. The Kier molecular flexibility index (Phi) is 4.84. The van der Waals surface area contributed by atoms with E-state index >= 15 is 0 Å². The molecule has 152 valence electrons. The van der Waals surface area contributed by atoms with E-state index in [1.54, 1.807) is 19.4 Å². The summed E-state index contributed by atoms with van der Waals surface area (Å²) in [5.74, 6) is 0.455. The van der Waals surface area contributed by atoms with Gasteiger partial charge in [0.1, 0.15) is 21.3 Å². The molecule has 1 fully saturated rings. The molecule has 1 saturated heterocycles. The van der Waals surface area contributed by atoms with Crippen LogP contribution in [-0.2, 0) is 0 Å². The molecule has 4 aromatic rings. The molecule has 5 rings (SSSR count). The van der Waals surface area contributed by atoms with Crippen molar-refractivity contribution in [1.29, 1.82) is 0 Å². The number of amides is 1. The second-order valence-corrected chi connectivity index (χ2v) is 8.15. The van der Waals surface area contributed by atoms with E-state index in [0.29, 0.717) is 27.0 Å². The average Bonchev–Trinajstić information content (AvgIpc) is 3.53. The van der Waals surface area contributed by atoms with E-state index in [4.69, 9.17) is 9.26 Å². The van der Waals surface area contributed by atoms with Crippen molar-refractivity contribution < 1.29 is 14.1 Å². The molecule has 0 aliphatic carbocycles. The van der Waals surface area contributed by atoms with Crippen LogP contribution in [0.15, 0.2) is 53.2 Å². The second-order valence-electron chi connectivity index (χ2n) is 7.12. The molecular formula is C22H20N4O3S. The maximum atomic E-state index is 12.6. The Bertz CT molecular complexity index is 1210. The Balaban J connectivity index is 1.38. The summed E-state index contributed by atoms with van der Waals surface area (Å²) in [5, 5.41) is 8.64. The summed E-state index contributed by atoms with van der Waals surface area (Å²) in [6.45, 7) is 2.15. The molecule has 1 aliphatic heterocycles. The maximum Gasteiger partial charge on any atom is 0.267 e. The van der Waals surface area contributed by atoms with Crippen molar-refractivity contribution in [1.82, 2.24) is 10.1 Å². The highest BCUT2D eigenvalue weighted by molar-refractivity contribution is 7.17. The predicted octanol–water partition coefficient (Wildman–Crippen LogP) is 4.81. The minimum Gasteiger partial charge on any atom is -0.497 e. The van der Waals surface area contributed by atoms with E-state index in [0.717, 1.165) is 29.7 Å². The molecule has 2 aromatic heterocycles. The molecule has 2 aromatic carbocycles. The van der Waals surface area contributed by atoms with Crippen molar-refractivity contribution in [2.24, 2.45) is 0 Å². The molecule has 0 bridgehead atoms. The molecule has 30 heavy (non-hydrogen) atoms. The normalized spacial score (nSPS) is 13.7. The smallest absolute Gasteiger partial charge is 0.267 e. The van der Waals surface area contributed by atoms with Gasteiger partial charge in [-0.3, -0.25) is 4.79 Å². The fourth-order valence-electron chi connectivity index (χ4n) is 3.63. The van der Waals surface area contributed by atoms with Crippen LogP contribution in [0.5, 0.6) is 5.75 Å². The molecule has 8 heteroatoms. The van der Waals surface area contributed by atoms with Crippen LogP contribution in [-0.4, -0.2) is 36.2 Å². The molecule has 0 unspecified atom stereocenters. The number of carbonyl (C=O) groups is 1. The lowest BCUT2D eigenvalue weighted by atomic mass is 10.2. The molecular weight excluding hydrogens is 400 g/mol. The summed E-state index contributed by atoms with van der Waals surface area (Å²) in [6.07, 6.45) is 4.01. The topological polar surface area (TPSA) is 80.5 Å². The Morgan fingerprint density at radius 3 is 2.90 bits per heavy atom. The van der Waals surface area contributed by atoms with E-state index in [1.807, 2.05) is 30.3 Å². The number of methoxy groups -OCH3 is 1. The third-order valence-corrected chi connectivity index (χ3v) is 6.19. The van der Waals surface area contributed by atoms with Crippen LogP contribution in [0.2, 0.25) is 0 Å². The van der Waals surface area contributed by atoms with Gasteiger partial charge in [-0.15, -0.1) is 11.3 Å². The average molecular weight is 420 g/mol. The van der Waals surface area contributed by atoms with Gasteiger partial charge in [0, 0.05) is 36.6 Å². The summed E-state index contributed by atoms with van der Waals surface area (Å²) in [7, 11) is 1.59. The van der Waals surface area contributed by atoms with Gasteiger partial charge >= 0.3 is 0 Å². The summed E-state index contributed by atoms with van der Waals surface area (Å²) in [5.41, 5.74) is 3.20. The van der Waals surface area contributed by atoms with E-state index in [-0.39, 0.29) is 5.91 Å². The van der Waals surface area contributed by atoms with Crippen molar-refractivity contribution in [2.75, 3.05) is 30.4 Å². The van der Waals surface area contributed by atoms with Crippen LogP contribution in [0.3, 0.4) is 0 Å². The summed E-state index contributed by atoms with van der Waals surface area (Å²) in [6, 6.07) is 13.4. The highest BCUT2D eigenvalue weighted by atomic mass is 32.1. The van der Waals surface area contributed by atoms with Crippen LogP contribution in [0.1, 0.15) is 22.5 Å². The largest absolute Gasteiger partial charge is 0.497 e. The van der Waals surface area contributed by atoms with Crippen LogP contribution in [0.25, 0.3) is 21.7 Å². The van der Waals surface area contributed by atoms with Gasteiger partial charge in [0.2, 0.25) is 0 Å². The van der Waals surface area contributed by atoms with E-state index in [2.05, 4.69) is 26.4 Å². The number of fused-ring (bicyclic) bond motifs is 1. The highest BCUT2D eigenvalue weighted by Gasteiger charge is 2.19. The first-order chi connectivity index (χ1) is 14.7. The van der Waals surface area contributed by atoms with Crippen LogP contribution in [0, 0.1) is 0 Å². The highest BCUT2D eigenvalue weighted by Crippen LogP contribution is 2.34. The minimum absolute atomic E-state index is 0.226. The fraction of sp³-hybridized carbons (Fsp3) is 0.227. The third kappa shape index (κ3) is 3.50. The molecule has 7 nitrogen and oxygen atoms in total. The van der Waals surface area contributed by atoms with Gasteiger partial charge in [-0.05, 0) is 37.1 Å². The zero-order valence-corrected chi connectivity index (χ0v) is 17.2. The van der Waals surface area contributed by atoms with E-state index in [9.17, 15) is 4.79 Å². The lowest BCUT2D eigenvalue weighted by Crippen LogP contribution is -2.17. The zero-order valence-electron chi connectivity index (χ0n) is 16.4. The van der Waals surface area contributed by atoms with Gasteiger partial charge < -0.3 is 19.5 Å². The van der Waals surface area contributed by atoms with Crippen molar-refractivity contribution >= 4 is 39.6 Å². The van der Waals surface area contributed by atoms with Crippen LogP contribution >= 0.6 is 11.3 Å². The molecule has 0 atom stereocenters. The lowest BCUT2D eigenvalue weighted by Gasteiger charge is -2.16. The number of ether oxygens (including phenoxy) is 1. The molecule has 1 N–H and O–H groups in total. The monoisotopic (exact) mass is 420 g/mol. The number of nitrogens with one attached hydrogen (secondary N) is 1. The second kappa shape index (κ2) is 7.79. The Morgan fingerprint density at radius 2 is 2.07 bits per heavy atom. The molecule has 3 heterocycles. The first kappa shape index (κ1) is 18.6. The number of nitrogens with zero attached hydrogens (tertiary/aromatic N) is 3. The van der Waals surface area contributed by atoms with Gasteiger partial charge in [-0.2, -0.15) is 0 Å². The van der Waals surface area contributed by atoms with Gasteiger partial charge in [0.15, 0.2) is 5.58 Å². The Labute approximate surface area is 177 Å². The summed E-state index contributed by atoms with van der Waals surface area (Å²) in [4.78, 5) is 19.9.